The lowest BCUT2D eigenvalue weighted by atomic mass is 10.3. The predicted molar refractivity (Wildman–Crippen MR) is 59.5 cm³/mol. The SMILES string of the molecule is CC(=O)Nc1ccc(S(=O)(=O)N2CC2)cc1. The van der Waals surface area contributed by atoms with Crippen molar-refractivity contribution in [1.29, 1.82) is 0 Å². The smallest absolute Gasteiger partial charge is 0.243 e. The fourth-order valence-corrected chi connectivity index (χ4v) is 2.68. The van der Waals surface area contributed by atoms with Gasteiger partial charge in [-0.05, 0) is 24.3 Å². The zero-order chi connectivity index (χ0) is 11.8. The third-order valence-corrected chi connectivity index (χ3v) is 4.13. The maximum Gasteiger partial charge on any atom is 0.243 e. The number of nitrogens with zero attached hydrogens (tertiary/aromatic N) is 1. The van der Waals surface area contributed by atoms with Gasteiger partial charge >= 0.3 is 0 Å². The Hall–Kier alpha value is -1.40. The first kappa shape index (κ1) is 11.1. The third-order valence-electron chi connectivity index (χ3n) is 2.22. The Bertz CT molecular complexity index is 503. The van der Waals surface area contributed by atoms with Gasteiger partial charge in [0.2, 0.25) is 15.9 Å². The molecule has 0 unspecified atom stereocenters. The van der Waals surface area contributed by atoms with Crippen LogP contribution in [0.4, 0.5) is 5.69 Å². The van der Waals surface area contributed by atoms with Crippen molar-refractivity contribution in [1.82, 2.24) is 4.31 Å². The van der Waals surface area contributed by atoms with Gasteiger partial charge in [-0.3, -0.25) is 4.79 Å². The number of benzene rings is 1. The minimum absolute atomic E-state index is 0.179. The molecule has 0 saturated carbocycles. The van der Waals surface area contributed by atoms with Crippen LogP contribution < -0.4 is 5.32 Å². The Labute approximate surface area is 94.1 Å². The lowest BCUT2D eigenvalue weighted by molar-refractivity contribution is -0.114. The van der Waals surface area contributed by atoms with Gasteiger partial charge in [0.25, 0.3) is 0 Å². The highest BCUT2D eigenvalue weighted by atomic mass is 32.2. The summed E-state index contributed by atoms with van der Waals surface area (Å²) in [6, 6.07) is 6.16. The molecule has 0 spiro atoms. The maximum absolute atomic E-state index is 11.8. The Kier molecular flexibility index (Phi) is 2.69. The average molecular weight is 240 g/mol. The summed E-state index contributed by atoms with van der Waals surface area (Å²) in [5.74, 6) is -0.179. The van der Waals surface area contributed by atoms with E-state index in [1.54, 1.807) is 12.1 Å². The molecular weight excluding hydrogens is 228 g/mol. The summed E-state index contributed by atoms with van der Waals surface area (Å²) in [7, 11) is -3.29. The number of sulfonamides is 1. The number of amides is 1. The lowest BCUT2D eigenvalue weighted by Gasteiger charge is -2.05. The van der Waals surface area contributed by atoms with Crippen molar-refractivity contribution < 1.29 is 13.2 Å². The molecule has 1 aromatic carbocycles. The summed E-state index contributed by atoms with van der Waals surface area (Å²) < 4.78 is 24.9. The van der Waals surface area contributed by atoms with Crippen LogP contribution in [0.2, 0.25) is 0 Å². The van der Waals surface area contributed by atoms with Crippen molar-refractivity contribution in [2.24, 2.45) is 0 Å². The molecule has 0 atom stereocenters. The largest absolute Gasteiger partial charge is 0.326 e. The highest BCUT2D eigenvalue weighted by Gasteiger charge is 2.32. The van der Waals surface area contributed by atoms with E-state index in [0.717, 1.165) is 0 Å². The molecule has 0 bridgehead atoms. The van der Waals surface area contributed by atoms with Crippen molar-refractivity contribution in [2.45, 2.75) is 11.8 Å². The first-order valence-electron chi connectivity index (χ1n) is 4.88. The van der Waals surface area contributed by atoms with Gasteiger partial charge in [0.15, 0.2) is 0 Å². The molecule has 1 amide bonds. The molecule has 1 saturated heterocycles. The highest BCUT2D eigenvalue weighted by Crippen LogP contribution is 2.22. The van der Waals surface area contributed by atoms with Crippen LogP contribution in [-0.4, -0.2) is 31.7 Å². The van der Waals surface area contributed by atoms with Gasteiger partial charge < -0.3 is 5.32 Å². The quantitative estimate of drug-likeness (QED) is 0.789. The monoisotopic (exact) mass is 240 g/mol. The van der Waals surface area contributed by atoms with E-state index < -0.39 is 10.0 Å². The Morgan fingerprint density at radius 1 is 1.25 bits per heavy atom. The van der Waals surface area contributed by atoms with Crippen LogP contribution in [0.5, 0.6) is 0 Å². The van der Waals surface area contributed by atoms with E-state index in [9.17, 15) is 13.2 Å². The standard InChI is InChI=1S/C10H12N2O3S/c1-8(13)11-9-2-4-10(5-3-9)16(14,15)12-6-7-12/h2-5H,6-7H2,1H3,(H,11,13). The number of carbonyl (C=O) groups is 1. The second kappa shape index (κ2) is 3.88. The minimum atomic E-state index is -3.29. The van der Waals surface area contributed by atoms with E-state index in [-0.39, 0.29) is 10.8 Å². The van der Waals surface area contributed by atoms with Crippen molar-refractivity contribution in [2.75, 3.05) is 18.4 Å². The van der Waals surface area contributed by atoms with Gasteiger partial charge in [-0.2, -0.15) is 4.31 Å². The zero-order valence-corrected chi connectivity index (χ0v) is 9.62. The number of hydrogen-bond donors (Lipinski definition) is 1. The molecule has 1 aromatic rings. The molecule has 0 aromatic heterocycles. The van der Waals surface area contributed by atoms with E-state index in [1.165, 1.54) is 23.4 Å². The summed E-state index contributed by atoms with van der Waals surface area (Å²) in [5.41, 5.74) is 0.595. The highest BCUT2D eigenvalue weighted by molar-refractivity contribution is 7.89. The van der Waals surface area contributed by atoms with Crippen molar-refractivity contribution >= 4 is 21.6 Å². The van der Waals surface area contributed by atoms with Crippen LogP contribution in [-0.2, 0) is 14.8 Å². The minimum Gasteiger partial charge on any atom is -0.326 e. The number of rotatable bonds is 3. The topological polar surface area (TPSA) is 66.2 Å². The van der Waals surface area contributed by atoms with E-state index in [0.29, 0.717) is 18.8 Å². The summed E-state index contributed by atoms with van der Waals surface area (Å²) in [4.78, 5) is 11.0. The lowest BCUT2D eigenvalue weighted by Crippen LogP contribution is -2.12. The summed E-state index contributed by atoms with van der Waals surface area (Å²) in [6.45, 7) is 2.59. The van der Waals surface area contributed by atoms with Crippen LogP contribution in [0.15, 0.2) is 29.2 Å². The normalized spacial score (nSPS) is 15.8. The first-order chi connectivity index (χ1) is 7.50. The molecule has 16 heavy (non-hydrogen) atoms. The number of nitrogens with one attached hydrogen (secondary N) is 1. The van der Waals surface area contributed by atoms with Crippen LogP contribution in [0.3, 0.4) is 0 Å². The van der Waals surface area contributed by atoms with Crippen LogP contribution in [0.25, 0.3) is 0 Å². The molecule has 0 radical (unpaired) electrons. The molecule has 6 heteroatoms. The van der Waals surface area contributed by atoms with Crippen molar-refractivity contribution in [3.63, 3.8) is 0 Å². The summed E-state index contributed by atoms with van der Waals surface area (Å²) in [6.07, 6.45) is 0. The summed E-state index contributed by atoms with van der Waals surface area (Å²) in [5, 5.41) is 2.58. The first-order valence-corrected chi connectivity index (χ1v) is 6.32. The molecule has 1 N–H and O–H groups in total. The second-order valence-electron chi connectivity index (χ2n) is 3.61. The Morgan fingerprint density at radius 2 is 1.81 bits per heavy atom. The van der Waals surface area contributed by atoms with Crippen molar-refractivity contribution in [3.8, 4) is 0 Å². The molecular formula is C10H12N2O3S. The molecule has 2 rings (SSSR count). The zero-order valence-electron chi connectivity index (χ0n) is 8.80. The molecule has 1 aliphatic heterocycles. The molecule has 86 valence electrons. The third kappa shape index (κ3) is 2.23. The van der Waals surface area contributed by atoms with Crippen molar-refractivity contribution in [3.05, 3.63) is 24.3 Å². The van der Waals surface area contributed by atoms with E-state index in [1.807, 2.05) is 0 Å². The second-order valence-corrected chi connectivity index (χ2v) is 5.55. The van der Waals surface area contributed by atoms with Gasteiger partial charge in [-0.25, -0.2) is 8.42 Å². The fraction of sp³-hybridized carbons (Fsp3) is 0.300. The van der Waals surface area contributed by atoms with Gasteiger partial charge in [-0.15, -0.1) is 0 Å². The van der Waals surface area contributed by atoms with Gasteiger partial charge in [-0.1, -0.05) is 0 Å². The number of hydrogen-bond acceptors (Lipinski definition) is 3. The number of anilines is 1. The number of carbonyl (C=O) groups excluding carboxylic acids is 1. The predicted octanol–water partition coefficient (Wildman–Crippen LogP) is 0.649. The summed E-state index contributed by atoms with van der Waals surface area (Å²) >= 11 is 0. The fourth-order valence-electron chi connectivity index (χ4n) is 1.34. The molecule has 0 aliphatic carbocycles. The van der Waals surface area contributed by atoms with Gasteiger partial charge in [0, 0.05) is 25.7 Å². The van der Waals surface area contributed by atoms with E-state index >= 15 is 0 Å². The molecule has 5 nitrogen and oxygen atoms in total. The maximum atomic E-state index is 11.8. The average Bonchev–Trinajstić information content (AvgIpc) is 3.00. The van der Waals surface area contributed by atoms with E-state index in [4.69, 9.17) is 0 Å². The molecule has 1 fully saturated rings. The van der Waals surface area contributed by atoms with Crippen LogP contribution in [0.1, 0.15) is 6.92 Å². The Balaban J connectivity index is 2.22. The van der Waals surface area contributed by atoms with Gasteiger partial charge in [0.05, 0.1) is 4.90 Å². The molecule has 1 heterocycles. The van der Waals surface area contributed by atoms with Crippen LogP contribution >= 0.6 is 0 Å². The Morgan fingerprint density at radius 3 is 2.25 bits per heavy atom. The van der Waals surface area contributed by atoms with Gasteiger partial charge in [0.1, 0.15) is 0 Å². The molecule has 1 aliphatic rings. The van der Waals surface area contributed by atoms with Crippen LogP contribution in [0, 0.1) is 0 Å². The van der Waals surface area contributed by atoms with E-state index in [2.05, 4.69) is 5.32 Å².